The lowest BCUT2D eigenvalue weighted by molar-refractivity contribution is -0.138. The van der Waals surface area contributed by atoms with E-state index in [0.717, 1.165) is 61.5 Å². The number of anilines is 1. The van der Waals surface area contributed by atoms with Crippen molar-refractivity contribution < 1.29 is 15.1 Å². The molecule has 186 valence electrons. The molecule has 0 radical (unpaired) electrons. The smallest absolute Gasteiger partial charge is 0.303 e. The lowest BCUT2D eigenvalue weighted by atomic mass is 9.94. The Morgan fingerprint density at radius 1 is 1.11 bits per heavy atom. The minimum atomic E-state index is -0.767. The molecule has 4 heterocycles. The van der Waals surface area contributed by atoms with E-state index in [9.17, 15) is 10.0 Å². The molecule has 0 unspecified atom stereocenters. The average Bonchev–Trinajstić information content (AvgIpc) is 2.87. The van der Waals surface area contributed by atoms with Crippen LogP contribution in [0.3, 0.4) is 0 Å². The molecule has 0 atom stereocenters. The molecular weight excluding hydrogens is 448 g/mol. The van der Waals surface area contributed by atoms with E-state index in [2.05, 4.69) is 37.9 Å². The first-order valence-electron chi connectivity index (χ1n) is 12.2. The number of aliphatic carboxylic acids is 1. The molecule has 0 bridgehead atoms. The molecule has 2 saturated heterocycles. The zero-order valence-corrected chi connectivity index (χ0v) is 19.7. The van der Waals surface area contributed by atoms with Gasteiger partial charge in [-0.15, -0.1) is 4.73 Å². The summed E-state index contributed by atoms with van der Waals surface area (Å²) in [6.07, 6.45) is 3.30. The standard InChI is InChI=1S/C24H32N8O3/c33-22(34)13-17-5-9-31(10-6-17)24-29-21-15-27-26-14-20(21)23(32(24)35)28-19-3-1-18(2-4-19)16-30-11-7-25-8-12-30/h1-4,15,17,25-26,35H,5-14,16H2,(H,33,34). The number of hydrogen-bond acceptors (Lipinski definition) is 9. The number of carboxylic acid groups (broad SMARTS) is 1. The summed E-state index contributed by atoms with van der Waals surface area (Å²) in [5.41, 5.74) is 6.79. The van der Waals surface area contributed by atoms with Crippen LogP contribution in [0.5, 0.6) is 0 Å². The van der Waals surface area contributed by atoms with Crippen LogP contribution in [0.4, 0.5) is 11.6 Å². The van der Waals surface area contributed by atoms with Gasteiger partial charge in [-0.25, -0.2) is 9.98 Å². The normalized spacial score (nSPS) is 19.4. The van der Waals surface area contributed by atoms with Crippen molar-refractivity contribution in [1.82, 2.24) is 25.4 Å². The largest absolute Gasteiger partial charge is 0.481 e. The van der Waals surface area contributed by atoms with E-state index in [1.54, 1.807) is 6.21 Å². The first kappa shape index (κ1) is 23.3. The summed E-state index contributed by atoms with van der Waals surface area (Å²) in [6, 6.07) is 8.13. The van der Waals surface area contributed by atoms with Gasteiger partial charge in [-0.2, -0.15) is 5.10 Å². The van der Waals surface area contributed by atoms with Crippen LogP contribution in [-0.2, 0) is 17.9 Å². The van der Waals surface area contributed by atoms with E-state index in [1.165, 1.54) is 5.56 Å². The second kappa shape index (κ2) is 10.4. The van der Waals surface area contributed by atoms with Gasteiger partial charge in [0.1, 0.15) is 0 Å². The number of carboxylic acids is 1. The summed E-state index contributed by atoms with van der Waals surface area (Å²) < 4.78 is 1.06. The molecule has 0 saturated carbocycles. The average molecular weight is 481 g/mol. The topological polar surface area (TPSA) is 131 Å². The van der Waals surface area contributed by atoms with E-state index in [1.807, 2.05) is 17.0 Å². The molecule has 3 aliphatic rings. The first-order valence-corrected chi connectivity index (χ1v) is 12.2. The molecule has 11 heteroatoms. The summed E-state index contributed by atoms with van der Waals surface area (Å²) in [7, 11) is 0. The Balaban J connectivity index is 1.41. The van der Waals surface area contributed by atoms with Crippen LogP contribution >= 0.6 is 0 Å². The zero-order chi connectivity index (χ0) is 24.2. The third-order valence-corrected chi connectivity index (χ3v) is 6.87. The molecule has 4 N–H and O–H groups in total. The van der Waals surface area contributed by atoms with Gasteiger partial charge in [0.25, 0.3) is 0 Å². The van der Waals surface area contributed by atoms with Gasteiger partial charge in [0.05, 0.1) is 24.1 Å². The Bertz CT molecular complexity index is 1150. The molecule has 5 rings (SSSR count). The van der Waals surface area contributed by atoms with E-state index >= 15 is 0 Å². The van der Waals surface area contributed by atoms with Crippen molar-refractivity contribution in [3.63, 3.8) is 0 Å². The molecule has 3 aliphatic heterocycles. The van der Waals surface area contributed by atoms with Gasteiger partial charge in [-0.3, -0.25) is 9.69 Å². The third-order valence-electron chi connectivity index (χ3n) is 6.87. The highest BCUT2D eigenvalue weighted by Gasteiger charge is 2.26. The number of benzene rings is 1. The Morgan fingerprint density at radius 2 is 1.86 bits per heavy atom. The second-order valence-electron chi connectivity index (χ2n) is 9.34. The fourth-order valence-corrected chi connectivity index (χ4v) is 4.90. The lowest BCUT2D eigenvalue weighted by Gasteiger charge is -2.33. The summed E-state index contributed by atoms with van der Waals surface area (Å²) in [5, 5.41) is 27.8. The summed E-state index contributed by atoms with van der Waals surface area (Å²) in [6.45, 7) is 6.71. The van der Waals surface area contributed by atoms with Crippen molar-refractivity contribution in [2.24, 2.45) is 16.0 Å². The van der Waals surface area contributed by atoms with Gasteiger partial charge in [-0.1, -0.05) is 12.1 Å². The zero-order valence-electron chi connectivity index (χ0n) is 19.7. The van der Waals surface area contributed by atoms with Gasteiger partial charge in [0.2, 0.25) is 5.95 Å². The van der Waals surface area contributed by atoms with E-state index < -0.39 is 5.97 Å². The Morgan fingerprint density at radius 3 is 2.57 bits per heavy atom. The third kappa shape index (κ3) is 5.46. The predicted octanol–water partition coefficient (Wildman–Crippen LogP) is 0.886. The molecule has 2 fully saturated rings. The lowest BCUT2D eigenvalue weighted by Crippen LogP contribution is -2.42. The molecule has 35 heavy (non-hydrogen) atoms. The van der Waals surface area contributed by atoms with Gasteiger partial charge in [0, 0.05) is 57.8 Å². The number of rotatable bonds is 6. The number of nitrogens with zero attached hydrogens (tertiary/aromatic N) is 6. The molecule has 11 nitrogen and oxygen atoms in total. The summed E-state index contributed by atoms with van der Waals surface area (Å²) in [4.78, 5) is 24.9. The Labute approximate surface area is 203 Å². The van der Waals surface area contributed by atoms with Crippen molar-refractivity contribution in [2.75, 3.05) is 44.2 Å². The van der Waals surface area contributed by atoms with E-state index in [4.69, 9.17) is 10.1 Å². The Kier molecular flexibility index (Phi) is 6.96. The van der Waals surface area contributed by atoms with Crippen LogP contribution in [0.15, 0.2) is 34.4 Å². The van der Waals surface area contributed by atoms with Crippen LogP contribution in [0.1, 0.15) is 36.1 Å². The molecule has 1 aromatic carbocycles. The molecule has 2 aromatic rings. The molecule has 0 amide bonds. The SMILES string of the molecule is O=C(O)CC1CCN(c2nc3c(c(=Nc4ccc(CN5CCNCC5)cc4)n2O)CNN=C3)CC1. The number of hydrazone groups is 1. The van der Waals surface area contributed by atoms with Crippen LogP contribution in [0.2, 0.25) is 0 Å². The van der Waals surface area contributed by atoms with Crippen molar-refractivity contribution in [2.45, 2.75) is 32.4 Å². The van der Waals surface area contributed by atoms with E-state index in [-0.39, 0.29) is 12.3 Å². The highest BCUT2D eigenvalue weighted by atomic mass is 16.5. The van der Waals surface area contributed by atoms with Crippen molar-refractivity contribution in [1.29, 1.82) is 0 Å². The van der Waals surface area contributed by atoms with Crippen LogP contribution < -0.4 is 21.1 Å². The first-order chi connectivity index (χ1) is 17.1. The minimum absolute atomic E-state index is 0.142. The predicted molar refractivity (Wildman–Crippen MR) is 131 cm³/mol. The second-order valence-corrected chi connectivity index (χ2v) is 9.34. The van der Waals surface area contributed by atoms with Gasteiger partial charge in [-0.05, 0) is 36.5 Å². The number of piperidine rings is 1. The van der Waals surface area contributed by atoms with Crippen LogP contribution in [0, 0.1) is 5.92 Å². The quantitative estimate of drug-likeness (QED) is 0.449. The minimum Gasteiger partial charge on any atom is -0.481 e. The molecule has 0 spiro atoms. The fraction of sp³-hybridized carbons (Fsp3) is 0.500. The molecule has 0 aliphatic carbocycles. The van der Waals surface area contributed by atoms with Crippen molar-refractivity contribution in [3.8, 4) is 0 Å². The number of piperazine rings is 1. The number of hydrogen-bond donors (Lipinski definition) is 4. The van der Waals surface area contributed by atoms with Gasteiger partial charge < -0.3 is 26.0 Å². The molecule has 1 aromatic heterocycles. The maximum Gasteiger partial charge on any atom is 0.303 e. The number of carbonyl (C=O) groups is 1. The van der Waals surface area contributed by atoms with E-state index in [0.29, 0.717) is 36.8 Å². The van der Waals surface area contributed by atoms with Gasteiger partial charge in [0.15, 0.2) is 5.49 Å². The highest BCUT2D eigenvalue weighted by molar-refractivity contribution is 5.80. The van der Waals surface area contributed by atoms with Crippen LogP contribution in [-0.4, -0.2) is 76.4 Å². The molecular formula is C24H32N8O3. The fourth-order valence-electron chi connectivity index (χ4n) is 4.90. The Hall–Kier alpha value is -3.44. The van der Waals surface area contributed by atoms with Crippen LogP contribution in [0.25, 0.3) is 0 Å². The number of fused-ring (bicyclic) bond motifs is 1. The highest BCUT2D eigenvalue weighted by Crippen LogP contribution is 2.24. The maximum absolute atomic E-state index is 11.2. The number of aromatic nitrogens is 2. The van der Waals surface area contributed by atoms with Gasteiger partial charge >= 0.3 is 5.97 Å². The van der Waals surface area contributed by atoms with Crippen molar-refractivity contribution in [3.05, 3.63) is 46.6 Å². The van der Waals surface area contributed by atoms with Crippen molar-refractivity contribution >= 4 is 23.8 Å². The summed E-state index contributed by atoms with van der Waals surface area (Å²) in [5.74, 6) is -0.223. The number of nitrogens with one attached hydrogen (secondary N) is 2. The summed E-state index contributed by atoms with van der Waals surface area (Å²) >= 11 is 0. The maximum atomic E-state index is 11.2. The monoisotopic (exact) mass is 480 g/mol.